The molecule has 0 atom stereocenters. The molecule has 0 aliphatic carbocycles. The molecule has 0 saturated carbocycles. The molecule has 0 bridgehead atoms. The van der Waals surface area contributed by atoms with Gasteiger partial charge in [0.05, 0.1) is 0 Å². The Morgan fingerprint density at radius 3 is 2.79 bits per heavy atom. The van der Waals surface area contributed by atoms with Crippen molar-refractivity contribution in [3.05, 3.63) is 41.5 Å². The maximum Gasteiger partial charge on any atom is 0.0361 e. The van der Waals surface area contributed by atoms with Crippen LogP contribution in [0, 0.1) is 0 Å². The van der Waals surface area contributed by atoms with Gasteiger partial charge in [0.25, 0.3) is 0 Å². The van der Waals surface area contributed by atoms with Crippen molar-refractivity contribution in [3.63, 3.8) is 0 Å². The molecule has 0 radical (unpaired) electrons. The zero-order valence-electron chi connectivity index (χ0n) is 8.40. The van der Waals surface area contributed by atoms with E-state index in [-0.39, 0.29) is 0 Å². The molecule has 0 fully saturated rings. The van der Waals surface area contributed by atoms with E-state index in [0.29, 0.717) is 5.92 Å². The third-order valence-corrected chi connectivity index (χ3v) is 3.23. The van der Waals surface area contributed by atoms with Crippen LogP contribution in [0.2, 0.25) is 0 Å². The molecule has 0 saturated heterocycles. The molecule has 0 unspecified atom stereocenters. The lowest BCUT2D eigenvalue weighted by molar-refractivity contribution is 0.872. The van der Waals surface area contributed by atoms with Crippen LogP contribution in [0.25, 0.3) is 10.4 Å². The Hall–Kier alpha value is -1.15. The molecule has 0 aliphatic rings. The highest BCUT2D eigenvalue weighted by atomic mass is 32.1. The number of aromatic nitrogens is 1. The summed E-state index contributed by atoms with van der Waals surface area (Å²) < 4.78 is 0. The lowest BCUT2D eigenvalue weighted by Gasteiger charge is -1.98. The average Bonchev–Trinajstić information content (AvgIpc) is 2.68. The van der Waals surface area contributed by atoms with Crippen LogP contribution >= 0.6 is 11.3 Å². The third-order valence-electron chi connectivity index (χ3n) is 2.23. The van der Waals surface area contributed by atoms with E-state index in [9.17, 15) is 0 Å². The van der Waals surface area contributed by atoms with Gasteiger partial charge in [0.2, 0.25) is 0 Å². The lowest BCUT2D eigenvalue weighted by atomic mass is 10.1. The van der Waals surface area contributed by atoms with Crippen LogP contribution in [0.15, 0.2) is 36.0 Å². The van der Waals surface area contributed by atoms with Crippen LogP contribution < -0.4 is 0 Å². The van der Waals surface area contributed by atoms with Gasteiger partial charge in [-0.3, -0.25) is 4.98 Å². The molecular formula is C12H13NS. The first kappa shape index (κ1) is 9.41. The molecule has 2 heterocycles. The second kappa shape index (κ2) is 3.93. The first-order chi connectivity index (χ1) is 6.77. The van der Waals surface area contributed by atoms with Crippen LogP contribution in [0.3, 0.4) is 0 Å². The molecule has 72 valence electrons. The van der Waals surface area contributed by atoms with Gasteiger partial charge in [-0.2, -0.15) is 0 Å². The highest BCUT2D eigenvalue weighted by molar-refractivity contribution is 7.13. The van der Waals surface area contributed by atoms with Crippen LogP contribution in [0.5, 0.6) is 0 Å². The minimum absolute atomic E-state index is 0.608. The molecule has 2 aromatic rings. The van der Waals surface area contributed by atoms with Gasteiger partial charge in [0.15, 0.2) is 0 Å². The van der Waals surface area contributed by atoms with Gasteiger partial charge >= 0.3 is 0 Å². The first-order valence-electron chi connectivity index (χ1n) is 4.76. The molecular weight excluding hydrogens is 190 g/mol. The summed E-state index contributed by atoms with van der Waals surface area (Å²) in [5.41, 5.74) is 2.62. The van der Waals surface area contributed by atoms with Gasteiger partial charge in [0.1, 0.15) is 0 Å². The van der Waals surface area contributed by atoms with Crippen LogP contribution in [-0.4, -0.2) is 4.98 Å². The Labute approximate surface area is 88.4 Å². The summed E-state index contributed by atoms with van der Waals surface area (Å²) in [6.07, 6.45) is 3.72. The number of nitrogens with zero attached hydrogens (tertiary/aromatic N) is 1. The van der Waals surface area contributed by atoms with Gasteiger partial charge in [-0.25, -0.2) is 0 Å². The van der Waals surface area contributed by atoms with Gasteiger partial charge in [-0.05, 0) is 29.0 Å². The molecule has 2 rings (SSSR count). The largest absolute Gasteiger partial charge is 0.264 e. The number of hydrogen-bond donors (Lipinski definition) is 0. The van der Waals surface area contributed by atoms with Gasteiger partial charge in [-0.1, -0.05) is 19.9 Å². The van der Waals surface area contributed by atoms with E-state index in [2.05, 4.69) is 36.3 Å². The normalized spacial score (nSPS) is 10.8. The van der Waals surface area contributed by atoms with Crippen molar-refractivity contribution < 1.29 is 0 Å². The van der Waals surface area contributed by atoms with Gasteiger partial charge in [0, 0.05) is 22.8 Å². The van der Waals surface area contributed by atoms with E-state index in [1.807, 2.05) is 12.3 Å². The van der Waals surface area contributed by atoms with Crippen molar-refractivity contribution in [2.24, 2.45) is 0 Å². The van der Waals surface area contributed by atoms with Crippen molar-refractivity contribution in [1.29, 1.82) is 0 Å². The summed E-state index contributed by atoms with van der Waals surface area (Å²) in [5.74, 6) is 0.608. The van der Waals surface area contributed by atoms with Crippen molar-refractivity contribution in [2.45, 2.75) is 19.8 Å². The third kappa shape index (κ3) is 1.85. The minimum atomic E-state index is 0.608. The monoisotopic (exact) mass is 203 g/mol. The Balaban J connectivity index is 2.34. The maximum absolute atomic E-state index is 4.12. The maximum atomic E-state index is 4.12. The molecule has 0 aliphatic heterocycles. The Kier molecular flexibility index (Phi) is 2.64. The number of pyridine rings is 1. The smallest absolute Gasteiger partial charge is 0.0361 e. The van der Waals surface area contributed by atoms with Gasteiger partial charge in [-0.15, -0.1) is 11.3 Å². The zero-order valence-corrected chi connectivity index (χ0v) is 9.21. The SMILES string of the molecule is CC(C)c1csc(-c2cccnc2)c1. The summed E-state index contributed by atoms with van der Waals surface area (Å²) in [5, 5.41) is 2.23. The van der Waals surface area contributed by atoms with E-state index in [1.165, 1.54) is 16.0 Å². The van der Waals surface area contributed by atoms with E-state index >= 15 is 0 Å². The number of rotatable bonds is 2. The Bertz CT molecular complexity index is 403. The van der Waals surface area contributed by atoms with E-state index in [1.54, 1.807) is 17.5 Å². The van der Waals surface area contributed by atoms with E-state index in [4.69, 9.17) is 0 Å². The fourth-order valence-electron chi connectivity index (χ4n) is 1.31. The Morgan fingerprint density at radius 1 is 1.36 bits per heavy atom. The van der Waals surface area contributed by atoms with Crippen molar-refractivity contribution >= 4 is 11.3 Å². The molecule has 2 heteroatoms. The average molecular weight is 203 g/mol. The van der Waals surface area contributed by atoms with Gasteiger partial charge < -0.3 is 0 Å². The second-order valence-corrected chi connectivity index (χ2v) is 4.55. The second-order valence-electron chi connectivity index (χ2n) is 3.64. The van der Waals surface area contributed by atoms with Crippen LogP contribution in [-0.2, 0) is 0 Å². The summed E-state index contributed by atoms with van der Waals surface area (Å²) >= 11 is 1.79. The fraction of sp³-hybridized carbons (Fsp3) is 0.250. The molecule has 0 N–H and O–H groups in total. The molecule has 14 heavy (non-hydrogen) atoms. The molecule has 0 aromatic carbocycles. The highest BCUT2D eigenvalue weighted by Crippen LogP contribution is 2.29. The van der Waals surface area contributed by atoms with E-state index in [0.717, 1.165) is 0 Å². The van der Waals surface area contributed by atoms with Crippen LogP contribution in [0.4, 0.5) is 0 Å². The first-order valence-corrected chi connectivity index (χ1v) is 5.64. The van der Waals surface area contributed by atoms with E-state index < -0.39 is 0 Å². The summed E-state index contributed by atoms with van der Waals surface area (Å²) in [7, 11) is 0. The van der Waals surface area contributed by atoms with Crippen molar-refractivity contribution in [3.8, 4) is 10.4 Å². The van der Waals surface area contributed by atoms with Crippen LogP contribution in [0.1, 0.15) is 25.3 Å². The lowest BCUT2D eigenvalue weighted by Crippen LogP contribution is -1.80. The Morgan fingerprint density at radius 2 is 2.21 bits per heavy atom. The molecule has 0 amide bonds. The number of hydrogen-bond acceptors (Lipinski definition) is 2. The highest BCUT2D eigenvalue weighted by Gasteiger charge is 2.04. The number of thiophene rings is 1. The molecule has 0 spiro atoms. The molecule has 1 nitrogen and oxygen atoms in total. The van der Waals surface area contributed by atoms with Crippen molar-refractivity contribution in [1.82, 2.24) is 4.98 Å². The summed E-state index contributed by atoms with van der Waals surface area (Å²) in [6, 6.07) is 6.33. The summed E-state index contributed by atoms with van der Waals surface area (Å²) in [6.45, 7) is 4.43. The van der Waals surface area contributed by atoms with Crippen molar-refractivity contribution in [2.75, 3.05) is 0 Å². The fourth-order valence-corrected chi connectivity index (χ4v) is 2.38. The predicted octanol–water partition coefficient (Wildman–Crippen LogP) is 3.93. The topological polar surface area (TPSA) is 12.9 Å². The standard InChI is InChI=1S/C12H13NS/c1-9(2)11-6-12(14-8-11)10-4-3-5-13-7-10/h3-9H,1-2H3. The minimum Gasteiger partial charge on any atom is -0.264 e. The molecule has 2 aromatic heterocycles. The summed E-state index contributed by atoms with van der Waals surface area (Å²) in [4.78, 5) is 5.43. The zero-order chi connectivity index (χ0) is 9.97. The predicted molar refractivity (Wildman–Crippen MR) is 61.6 cm³/mol. The quantitative estimate of drug-likeness (QED) is 0.720.